The molecule has 0 saturated heterocycles. The number of hydrogen-bond acceptors (Lipinski definition) is 5. The van der Waals surface area contributed by atoms with Gasteiger partial charge in [0.15, 0.2) is 6.10 Å². The Labute approximate surface area is 186 Å². The second-order valence-corrected chi connectivity index (χ2v) is 7.81. The largest absolute Gasteiger partial charge is 0.492 e. The first-order valence-electron chi connectivity index (χ1n) is 11.4. The van der Waals surface area contributed by atoms with Crippen molar-refractivity contribution in [2.45, 2.75) is 78.4 Å². The minimum Gasteiger partial charge on any atom is -0.492 e. The Kier molecular flexibility index (Phi) is 13.4. The normalized spacial score (nSPS) is 11.9. The second kappa shape index (κ2) is 15.5. The van der Waals surface area contributed by atoms with Crippen LogP contribution in [0.3, 0.4) is 0 Å². The molecule has 0 heterocycles. The average molecular weight is 438 g/mol. The Morgan fingerprint density at radius 3 is 2.26 bits per heavy atom. The number of ether oxygens (including phenoxy) is 3. The van der Waals surface area contributed by atoms with Gasteiger partial charge in [-0.2, -0.15) is 0 Å². The Morgan fingerprint density at radius 2 is 1.68 bits per heavy atom. The number of hydrogen-bond donors (Lipinski definition) is 1. The molecule has 7 nitrogen and oxygen atoms in total. The van der Waals surface area contributed by atoms with Crippen LogP contribution in [0.2, 0.25) is 0 Å². The number of carboxylic acid groups (broad SMARTS) is 1. The van der Waals surface area contributed by atoms with Crippen molar-refractivity contribution in [2.75, 3.05) is 26.3 Å². The number of carbonyl (C=O) groups is 2. The standard InChI is InChI=1S/C24H39NO6/c1-5-7-8-9-10-15-25(24(28)31-19(3)4)16-17-30-21-13-11-20(12-14-21)18-22(23(26)27)29-6-2/h11-14,19,22H,5-10,15-18H2,1-4H3,(H,26,27). The lowest BCUT2D eigenvalue weighted by molar-refractivity contribution is -0.149. The van der Waals surface area contributed by atoms with Crippen molar-refractivity contribution in [3.05, 3.63) is 29.8 Å². The topological polar surface area (TPSA) is 85.3 Å². The summed E-state index contributed by atoms with van der Waals surface area (Å²) in [7, 11) is 0. The van der Waals surface area contributed by atoms with Crippen LogP contribution in [0.1, 0.15) is 65.4 Å². The van der Waals surface area contributed by atoms with E-state index in [4.69, 9.17) is 14.2 Å². The van der Waals surface area contributed by atoms with Gasteiger partial charge in [-0.3, -0.25) is 0 Å². The number of amides is 1. The fraction of sp³-hybridized carbons (Fsp3) is 0.667. The molecule has 1 atom stereocenters. The minimum absolute atomic E-state index is 0.158. The highest BCUT2D eigenvalue weighted by Gasteiger charge is 2.18. The van der Waals surface area contributed by atoms with Gasteiger partial charge in [-0.1, -0.05) is 44.7 Å². The van der Waals surface area contributed by atoms with Gasteiger partial charge in [-0.05, 0) is 44.9 Å². The molecule has 0 saturated carbocycles. The summed E-state index contributed by atoms with van der Waals surface area (Å²) in [5.74, 6) is -0.294. The van der Waals surface area contributed by atoms with E-state index in [2.05, 4.69) is 6.92 Å². The molecular weight excluding hydrogens is 398 g/mol. The zero-order valence-electron chi connectivity index (χ0n) is 19.5. The lowest BCUT2D eigenvalue weighted by Crippen LogP contribution is -2.37. The highest BCUT2D eigenvalue weighted by atomic mass is 16.6. The third kappa shape index (κ3) is 11.6. The van der Waals surface area contributed by atoms with Crippen LogP contribution in [0.4, 0.5) is 4.79 Å². The summed E-state index contributed by atoms with van der Waals surface area (Å²) in [4.78, 5) is 25.3. The maximum Gasteiger partial charge on any atom is 0.410 e. The minimum atomic E-state index is -0.967. The molecule has 1 rings (SSSR count). The van der Waals surface area contributed by atoms with Crippen LogP contribution in [-0.4, -0.2) is 60.6 Å². The average Bonchev–Trinajstić information content (AvgIpc) is 2.72. The molecule has 0 fully saturated rings. The van der Waals surface area contributed by atoms with Crippen molar-refractivity contribution in [3.8, 4) is 5.75 Å². The number of carboxylic acids is 1. The van der Waals surface area contributed by atoms with E-state index in [0.29, 0.717) is 38.5 Å². The van der Waals surface area contributed by atoms with E-state index >= 15 is 0 Å². The third-order valence-corrected chi connectivity index (χ3v) is 4.74. The monoisotopic (exact) mass is 437 g/mol. The molecule has 1 N–H and O–H groups in total. The number of rotatable bonds is 16. The van der Waals surface area contributed by atoms with Gasteiger partial charge in [0.1, 0.15) is 12.4 Å². The lowest BCUT2D eigenvalue weighted by Gasteiger charge is -2.23. The summed E-state index contributed by atoms with van der Waals surface area (Å²) in [5, 5.41) is 9.20. The molecule has 31 heavy (non-hydrogen) atoms. The molecule has 1 aromatic rings. The molecule has 0 bridgehead atoms. The predicted molar refractivity (Wildman–Crippen MR) is 121 cm³/mol. The van der Waals surface area contributed by atoms with Crippen LogP contribution in [-0.2, 0) is 20.7 Å². The highest BCUT2D eigenvalue weighted by Crippen LogP contribution is 2.15. The summed E-state index contributed by atoms with van der Waals surface area (Å²) < 4.78 is 16.4. The summed E-state index contributed by atoms with van der Waals surface area (Å²) >= 11 is 0. The van der Waals surface area contributed by atoms with E-state index in [1.54, 1.807) is 11.8 Å². The van der Waals surface area contributed by atoms with Gasteiger partial charge in [0, 0.05) is 19.6 Å². The second-order valence-electron chi connectivity index (χ2n) is 7.81. The zero-order valence-corrected chi connectivity index (χ0v) is 19.5. The molecule has 0 spiro atoms. The van der Waals surface area contributed by atoms with Crippen LogP contribution in [0.5, 0.6) is 5.75 Å². The van der Waals surface area contributed by atoms with Crippen molar-refractivity contribution >= 4 is 12.1 Å². The Balaban J connectivity index is 2.53. The number of aliphatic carboxylic acids is 1. The van der Waals surface area contributed by atoms with Crippen molar-refractivity contribution in [2.24, 2.45) is 0 Å². The fourth-order valence-corrected chi connectivity index (χ4v) is 3.10. The van der Waals surface area contributed by atoms with Crippen molar-refractivity contribution in [1.29, 1.82) is 0 Å². The van der Waals surface area contributed by atoms with E-state index in [1.165, 1.54) is 19.3 Å². The van der Waals surface area contributed by atoms with Gasteiger partial charge in [-0.15, -0.1) is 0 Å². The number of benzene rings is 1. The molecule has 1 unspecified atom stereocenters. The van der Waals surface area contributed by atoms with Gasteiger partial charge >= 0.3 is 12.1 Å². The summed E-state index contributed by atoms with van der Waals surface area (Å²) in [6, 6.07) is 7.29. The van der Waals surface area contributed by atoms with E-state index in [1.807, 2.05) is 38.1 Å². The van der Waals surface area contributed by atoms with Crippen LogP contribution in [0.15, 0.2) is 24.3 Å². The van der Waals surface area contributed by atoms with Crippen LogP contribution >= 0.6 is 0 Å². The first-order chi connectivity index (χ1) is 14.9. The molecule has 176 valence electrons. The van der Waals surface area contributed by atoms with Crippen LogP contribution < -0.4 is 4.74 Å². The van der Waals surface area contributed by atoms with Crippen molar-refractivity contribution < 1.29 is 28.9 Å². The smallest absolute Gasteiger partial charge is 0.410 e. The summed E-state index contributed by atoms with van der Waals surface area (Å²) in [6.07, 6.45) is 4.62. The number of carbonyl (C=O) groups excluding carboxylic acids is 1. The summed E-state index contributed by atoms with van der Waals surface area (Å²) in [5.41, 5.74) is 0.863. The SMILES string of the molecule is CCCCCCCN(CCOc1ccc(CC(OCC)C(=O)O)cc1)C(=O)OC(C)C. The van der Waals surface area contributed by atoms with Crippen molar-refractivity contribution in [1.82, 2.24) is 4.90 Å². The molecule has 0 aliphatic rings. The van der Waals surface area contributed by atoms with Gasteiger partial charge < -0.3 is 24.2 Å². The molecular formula is C24H39NO6. The Hall–Kier alpha value is -2.28. The highest BCUT2D eigenvalue weighted by molar-refractivity contribution is 5.72. The molecule has 7 heteroatoms. The maximum atomic E-state index is 12.4. The van der Waals surface area contributed by atoms with E-state index in [9.17, 15) is 14.7 Å². The van der Waals surface area contributed by atoms with Gasteiger partial charge in [0.25, 0.3) is 0 Å². The van der Waals surface area contributed by atoms with Crippen LogP contribution in [0.25, 0.3) is 0 Å². The molecule has 0 aromatic heterocycles. The first-order valence-corrected chi connectivity index (χ1v) is 11.4. The van der Waals surface area contributed by atoms with E-state index in [-0.39, 0.29) is 12.2 Å². The Bertz CT molecular complexity index is 631. The van der Waals surface area contributed by atoms with Crippen LogP contribution in [0, 0.1) is 0 Å². The Morgan fingerprint density at radius 1 is 1.00 bits per heavy atom. The van der Waals surface area contributed by atoms with Gasteiger partial charge in [0.2, 0.25) is 0 Å². The molecule has 0 aliphatic carbocycles. The molecule has 1 amide bonds. The third-order valence-electron chi connectivity index (χ3n) is 4.74. The molecule has 0 radical (unpaired) electrons. The van der Waals surface area contributed by atoms with Gasteiger partial charge in [0.05, 0.1) is 12.6 Å². The van der Waals surface area contributed by atoms with E-state index < -0.39 is 12.1 Å². The predicted octanol–water partition coefficient (Wildman–Crippen LogP) is 4.92. The maximum absolute atomic E-state index is 12.4. The fourth-order valence-electron chi connectivity index (χ4n) is 3.10. The number of unbranched alkanes of at least 4 members (excludes halogenated alkanes) is 4. The van der Waals surface area contributed by atoms with Crippen molar-refractivity contribution in [3.63, 3.8) is 0 Å². The molecule has 1 aromatic carbocycles. The quantitative estimate of drug-likeness (QED) is 0.370. The molecule has 0 aliphatic heterocycles. The van der Waals surface area contributed by atoms with Gasteiger partial charge in [-0.25, -0.2) is 9.59 Å². The first kappa shape index (κ1) is 26.8. The summed E-state index contributed by atoms with van der Waals surface area (Å²) in [6.45, 7) is 9.46. The zero-order chi connectivity index (χ0) is 23.1. The number of nitrogens with zero attached hydrogens (tertiary/aromatic N) is 1. The van der Waals surface area contributed by atoms with E-state index in [0.717, 1.165) is 18.4 Å². The lowest BCUT2D eigenvalue weighted by atomic mass is 10.1.